The van der Waals surface area contributed by atoms with Crippen LogP contribution in [0.4, 0.5) is 0 Å². The predicted octanol–water partition coefficient (Wildman–Crippen LogP) is 1.84. The van der Waals surface area contributed by atoms with E-state index >= 15 is 0 Å². The lowest BCUT2D eigenvalue weighted by Gasteiger charge is -2.11. The van der Waals surface area contributed by atoms with Crippen molar-refractivity contribution in [3.05, 3.63) is 23.8 Å². The van der Waals surface area contributed by atoms with Gasteiger partial charge in [0.2, 0.25) is 0 Å². The Morgan fingerprint density at radius 3 is 2.68 bits per heavy atom. The highest BCUT2D eigenvalue weighted by Gasteiger charge is 2.10. The van der Waals surface area contributed by atoms with Crippen LogP contribution < -0.4 is 9.47 Å². The molecule has 0 heterocycles. The van der Waals surface area contributed by atoms with Gasteiger partial charge in [0.25, 0.3) is 0 Å². The molecule has 0 aliphatic rings. The highest BCUT2D eigenvalue weighted by molar-refractivity contribution is 5.98. The third-order valence-electron chi connectivity index (χ3n) is 2.38. The molecule has 0 aromatic heterocycles. The van der Waals surface area contributed by atoms with Gasteiger partial charge >= 0.3 is 5.97 Å². The molecule has 1 N–H and O–H groups in total. The van der Waals surface area contributed by atoms with E-state index < -0.39 is 5.97 Å². The Bertz CT molecular complexity index is 470. The average Bonchev–Trinajstić information content (AvgIpc) is 2.44. The molecule has 6 nitrogen and oxygen atoms in total. The van der Waals surface area contributed by atoms with Gasteiger partial charge in [-0.2, -0.15) is 0 Å². The lowest BCUT2D eigenvalue weighted by atomic mass is 10.1. The molecule has 0 aliphatic heterocycles. The van der Waals surface area contributed by atoms with Crippen LogP contribution in [0.15, 0.2) is 23.4 Å². The number of carbonyl (C=O) groups is 1. The summed E-state index contributed by atoms with van der Waals surface area (Å²) in [5.74, 6) is 0.427. The summed E-state index contributed by atoms with van der Waals surface area (Å²) in [7, 11) is 1.49. The molecule has 0 unspecified atom stereocenters. The smallest absolute Gasteiger partial charge is 0.344 e. The van der Waals surface area contributed by atoms with Gasteiger partial charge in [-0.3, -0.25) is 0 Å². The standard InChI is InChI=1S/C13H17NO5/c1-4-18-13(15)8-19-11-6-5-10(9(2)14-16)7-12(11)17-3/h5-7,16H,4,8H2,1-3H3/b14-9+. The average molecular weight is 267 g/mol. The van der Waals surface area contributed by atoms with E-state index in [2.05, 4.69) is 5.16 Å². The zero-order chi connectivity index (χ0) is 14.3. The molecule has 1 rings (SSSR count). The second-order valence-corrected chi connectivity index (χ2v) is 3.64. The van der Waals surface area contributed by atoms with Crippen molar-refractivity contribution in [2.45, 2.75) is 13.8 Å². The van der Waals surface area contributed by atoms with Crippen molar-refractivity contribution >= 4 is 11.7 Å². The summed E-state index contributed by atoms with van der Waals surface area (Å²) in [6.07, 6.45) is 0. The SMILES string of the molecule is CCOC(=O)COc1ccc(/C(C)=N/O)cc1OC. The second-order valence-electron chi connectivity index (χ2n) is 3.64. The first-order valence-corrected chi connectivity index (χ1v) is 5.77. The molecule has 0 saturated carbocycles. The number of benzene rings is 1. The zero-order valence-corrected chi connectivity index (χ0v) is 11.2. The Morgan fingerprint density at radius 1 is 1.37 bits per heavy atom. The van der Waals surface area contributed by atoms with Gasteiger partial charge in [0.15, 0.2) is 18.1 Å². The minimum atomic E-state index is -0.443. The fourth-order valence-electron chi connectivity index (χ4n) is 1.41. The fraction of sp³-hybridized carbons (Fsp3) is 0.385. The van der Waals surface area contributed by atoms with E-state index in [1.165, 1.54) is 7.11 Å². The molecule has 0 spiro atoms. The van der Waals surface area contributed by atoms with Gasteiger partial charge in [-0.15, -0.1) is 0 Å². The Kier molecular flexibility index (Phi) is 5.66. The first kappa shape index (κ1) is 14.8. The van der Waals surface area contributed by atoms with Gasteiger partial charge in [-0.1, -0.05) is 5.16 Å². The van der Waals surface area contributed by atoms with Crippen LogP contribution >= 0.6 is 0 Å². The topological polar surface area (TPSA) is 77.4 Å². The molecule has 6 heteroatoms. The van der Waals surface area contributed by atoms with Gasteiger partial charge in [-0.25, -0.2) is 4.79 Å². The van der Waals surface area contributed by atoms with E-state index in [1.807, 2.05) is 0 Å². The Balaban J connectivity index is 2.82. The van der Waals surface area contributed by atoms with Crippen LogP contribution in [0.25, 0.3) is 0 Å². The zero-order valence-electron chi connectivity index (χ0n) is 11.2. The Morgan fingerprint density at radius 2 is 2.11 bits per heavy atom. The summed E-state index contributed by atoms with van der Waals surface area (Å²) in [5, 5.41) is 11.8. The van der Waals surface area contributed by atoms with E-state index in [-0.39, 0.29) is 6.61 Å². The lowest BCUT2D eigenvalue weighted by molar-refractivity contribution is -0.145. The quantitative estimate of drug-likeness (QED) is 0.368. The highest BCUT2D eigenvalue weighted by atomic mass is 16.6. The number of esters is 1. The maximum Gasteiger partial charge on any atom is 0.344 e. The molecule has 19 heavy (non-hydrogen) atoms. The van der Waals surface area contributed by atoms with Crippen molar-refractivity contribution in [1.29, 1.82) is 0 Å². The summed E-state index contributed by atoms with van der Waals surface area (Å²) in [4.78, 5) is 11.2. The number of oxime groups is 1. The number of ether oxygens (including phenoxy) is 3. The monoisotopic (exact) mass is 267 g/mol. The molecule has 1 aromatic rings. The maximum absolute atomic E-state index is 11.2. The summed E-state index contributed by atoms with van der Waals surface area (Å²) in [6, 6.07) is 5.01. The van der Waals surface area contributed by atoms with E-state index in [1.54, 1.807) is 32.0 Å². The molecule has 104 valence electrons. The normalized spacial score (nSPS) is 11.0. The predicted molar refractivity (Wildman–Crippen MR) is 69.1 cm³/mol. The van der Waals surface area contributed by atoms with Gasteiger partial charge in [0.1, 0.15) is 0 Å². The van der Waals surface area contributed by atoms with Crippen molar-refractivity contribution < 1.29 is 24.2 Å². The number of nitrogens with zero attached hydrogens (tertiary/aromatic N) is 1. The molecule has 0 bridgehead atoms. The molecular weight excluding hydrogens is 250 g/mol. The van der Waals surface area contributed by atoms with Crippen LogP contribution in [0.1, 0.15) is 19.4 Å². The van der Waals surface area contributed by atoms with E-state index in [0.29, 0.717) is 29.4 Å². The number of hydrogen-bond donors (Lipinski definition) is 1. The van der Waals surface area contributed by atoms with Gasteiger partial charge in [0.05, 0.1) is 19.4 Å². The molecular formula is C13H17NO5. The molecule has 1 aromatic carbocycles. The van der Waals surface area contributed by atoms with E-state index in [0.717, 1.165) is 0 Å². The number of carbonyl (C=O) groups excluding carboxylic acids is 1. The maximum atomic E-state index is 11.2. The minimum Gasteiger partial charge on any atom is -0.493 e. The third-order valence-corrected chi connectivity index (χ3v) is 2.38. The molecule has 0 saturated heterocycles. The fourth-order valence-corrected chi connectivity index (χ4v) is 1.41. The highest BCUT2D eigenvalue weighted by Crippen LogP contribution is 2.28. The van der Waals surface area contributed by atoms with Crippen molar-refractivity contribution in [3.63, 3.8) is 0 Å². The van der Waals surface area contributed by atoms with Crippen LogP contribution in [0.5, 0.6) is 11.5 Å². The van der Waals surface area contributed by atoms with Crippen molar-refractivity contribution in [2.75, 3.05) is 20.3 Å². The summed E-state index contributed by atoms with van der Waals surface area (Å²) < 4.78 is 15.2. The van der Waals surface area contributed by atoms with Crippen LogP contribution in [-0.4, -0.2) is 37.2 Å². The van der Waals surface area contributed by atoms with Gasteiger partial charge < -0.3 is 19.4 Å². The molecule has 0 fully saturated rings. The van der Waals surface area contributed by atoms with Crippen LogP contribution in [-0.2, 0) is 9.53 Å². The lowest BCUT2D eigenvalue weighted by Crippen LogP contribution is -2.15. The van der Waals surface area contributed by atoms with Crippen molar-refractivity contribution in [1.82, 2.24) is 0 Å². The molecule has 0 atom stereocenters. The minimum absolute atomic E-state index is 0.184. The van der Waals surface area contributed by atoms with Crippen molar-refractivity contribution in [2.24, 2.45) is 5.16 Å². The van der Waals surface area contributed by atoms with Crippen LogP contribution in [0.3, 0.4) is 0 Å². The molecule has 0 amide bonds. The first-order chi connectivity index (χ1) is 9.12. The Hall–Kier alpha value is -2.24. The number of methoxy groups -OCH3 is 1. The largest absolute Gasteiger partial charge is 0.493 e. The number of rotatable bonds is 6. The van der Waals surface area contributed by atoms with Gasteiger partial charge in [0, 0.05) is 5.56 Å². The summed E-state index contributed by atoms with van der Waals surface area (Å²) >= 11 is 0. The summed E-state index contributed by atoms with van der Waals surface area (Å²) in [6.45, 7) is 3.51. The summed E-state index contributed by atoms with van der Waals surface area (Å²) in [5.41, 5.74) is 1.15. The Labute approximate surface area is 111 Å². The molecule has 0 radical (unpaired) electrons. The van der Waals surface area contributed by atoms with Crippen LogP contribution in [0.2, 0.25) is 0 Å². The second kappa shape index (κ2) is 7.25. The molecule has 0 aliphatic carbocycles. The third kappa shape index (κ3) is 4.17. The van der Waals surface area contributed by atoms with Gasteiger partial charge in [-0.05, 0) is 32.0 Å². The van der Waals surface area contributed by atoms with E-state index in [9.17, 15) is 4.79 Å². The first-order valence-electron chi connectivity index (χ1n) is 5.77. The van der Waals surface area contributed by atoms with E-state index in [4.69, 9.17) is 19.4 Å². The van der Waals surface area contributed by atoms with Crippen LogP contribution in [0, 0.1) is 0 Å². The van der Waals surface area contributed by atoms with Crippen molar-refractivity contribution in [3.8, 4) is 11.5 Å². The number of hydrogen-bond acceptors (Lipinski definition) is 6.